The number of halogens is 2. The molecule has 0 aliphatic rings. The number of ether oxygens (including phenoxy) is 2. The van der Waals surface area contributed by atoms with Crippen LogP contribution in [0.1, 0.15) is 27.3 Å². The number of benzene rings is 2. The Balaban J connectivity index is 1.66. The fraction of sp³-hybridized carbons (Fsp3) is 0.182. The van der Waals surface area contributed by atoms with Crippen LogP contribution in [-0.4, -0.2) is 30.4 Å². The standard InChI is InChI=1S/C22H21F2N3O3/c1-14-4-5-15(2)27(14)18-9-7-17(8-10-18)21(28)26-25-13-16-6-11-19(30-22(23)24)20(12-16)29-3/h4-13,22H,1-3H3,(H,26,28)/b25-13+. The van der Waals surface area contributed by atoms with Crippen molar-refractivity contribution in [2.75, 3.05) is 7.11 Å². The summed E-state index contributed by atoms with van der Waals surface area (Å²) in [7, 11) is 1.34. The molecule has 6 nitrogen and oxygen atoms in total. The highest BCUT2D eigenvalue weighted by atomic mass is 19.3. The Labute approximate surface area is 172 Å². The zero-order chi connectivity index (χ0) is 21.7. The van der Waals surface area contributed by atoms with E-state index in [2.05, 4.69) is 19.8 Å². The van der Waals surface area contributed by atoms with Crippen LogP contribution in [0.5, 0.6) is 11.5 Å². The highest BCUT2D eigenvalue weighted by Gasteiger charge is 2.11. The highest BCUT2D eigenvalue weighted by Crippen LogP contribution is 2.28. The maximum Gasteiger partial charge on any atom is 0.387 e. The molecule has 0 saturated heterocycles. The number of aryl methyl sites for hydroxylation is 2. The molecule has 2 aromatic carbocycles. The average Bonchev–Trinajstić information content (AvgIpc) is 3.06. The number of alkyl halides is 2. The van der Waals surface area contributed by atoms with Crippen molar-refractivity contribution in [1.29, 1.82) is 0 Å². The molecule has 0 aliphatic heterocycles. The van der Waals surface area contributed by atoms with E-state index in [0.717, 1.165) is 17.1 Å². The summed E-state index contributed by atoms with van der Waals surface area (Å²) in [6, 6.07) is 15.6. The third-order valence-electron chi connectivity index (χ3n) is 4.44. The van der Waals surface area contributed by atoms with Gasteiger partial charge in [0.25, 0.3) is 5.91 Å². The van der Waals surface area contributed by atoms with E-state index in [1.807, 2.05) is 38.1 Å². The molecule has 0 atom stereocenters. The summed E-state index contributed by atoms with van der Waals surface area (Å²) in [6.45, 7) is 1.09. The molecule has 0 bridgehead atoms. The fourth-order valence-corrected chi connectivity index (χ4v) is 3.03. The number of nitrogens with zero attached hydrogens (tertiary/aromatic N) is 2. The lowest BCUT2D eigenvalue weighted by Gasteiger charge is -2.10. The second kappa shape index (κ2) is 9.21. The van der Waals surface area contributed by atoms with Gasteiger partial charge in [-0.2, -0.15) is 13.9 Å². The van der Waals surface area contributed by atoms with Gasteiger partial charge < -0.3 is 14.0 Å². The molecule has 0 radical (unpaired) electrons. The van der Waals surface area contributed by atoms with Crippen molar-refractivity contribution in [1.82, 2.24) is 9.99 Å². The maximum atomic E-state index is 12.4. The third-order valence-corrected chi connectivity index (χ3v) is 4.44. The Morgan fingerprint density at radius 3 is 2.30 bits per heavy atom. The number of hydrogen-bond donors (Lipinski definition) is 1. The van der Waals surface area contributed by atoms with E-state index in [0.29, 0.717) is 11.1 Å². The van der Waals surface area contributed by atoms with Crippen molar-refractivity contribution in [3.63, 3.8) is 0 Å². The molecule has 156 valence electrons. The highest BCUT2D eigenvalue weighted by molar-refractivity contribution is 5.95. The molecule has 30 heavy (non-hydrogen) atoms. The molecule has 1 amide bonds. The van der Waals surface area contributed by atoms with Crippen LogP contribution in [0.2, 0.25) is 0 Å². The molecule has 0 aliphatic carbocycles. The van der Waals surface area contributed by atoms with Crippen LogP contribution < -0.4 is 14.9 Å². The van der Waals surface area contributed by atoms with Crippen molar-refractivity contribution in [3.8, 4) is 17.2 Å². The summed E-state index contributed by atoms with van der Waals surface area (Å²) in [5.74, 6) is -0.318. The smallest absolute Gasteiger partial charge is 0.387 e. The molecular weight excluding hydrogens is 392 g/mol. The minimum absolute atomic E-state index is 0.0815. The number of amides is 1. The molecule has 3 aromatic rings. The normalized spacial score (nSPS) is 11.1. The first-order valence-corrected chi connectivity index (χ1v) is 9.10. The first-order chi connectivity index (χ1) is 14.4. The van der Waals surface area contributed by atoms with E-state index in [9.17, 15) is 13.6 Å². The lowest BCUT2D eigenvalue weighted by molar-refractivity contribution is -0.0512. The molecule has 0 unspecified atom stereocenters. The van der Waals surface area contributed by atoms with E-state index in [1.54, 1.807) is 12.1 Å². The largest absolute Gasteiger partial charge is 0.493 e. The second-order valence-corrected chi connectivity index (χ2v) is 6.49. The van der Waals surface area contributed by atoms with E-state index in [4.69, 9.17) is 4.74 Å². The maximum absolute atomic E-state index is 12.4. The van der Waals surface area contributed by atoms with E-state index in [-0.39, 0.29) is 17.4 Å². The number of hydrogen-bond acceptors (Lipinski definition) is 4. The Morgan fingerprint density at radius 1 is 1.03 bits per heavy atom. The fourth-order valence-electron chi connectivity index (χ4n) is 3.03. The van der Waals surface area contributed by atoms with Gasteiger partial charge in [0.05, 0.1) is 13.3 Å². The van der Waals surface area contributed by atoms with Gasteiger partial charge >= 0.3 is 6.61 Å². The first-order valence-electron chi connectivity index (χ1n) is 9.10. The number of aromatic nitrogens is 1. The Bertz CT molecular complexity index is 1040. The van der Waals surface area contributed by atoms with Crippen LogP contribution in [-0.2, 0) is 0 Å². The summed E-state index contributed by atoms with van der Waals surface area (Å²) >= 11 is 0. The molecular formula is C22H21F2N3O3. The molecule has 0 saturated carbocycles. The predicted molar refractivity (Wildman–Crippen MR) is 110 cm³/mol. The van der Waals surface area contributed by atoms with Crippen LogP contribution in [0.4, 0.5) is 8.78 Å². The van der Waals surface area contributed by atoms with Crippen molar-refractivity contribution in [3.05, 3.63) is 77.1 Å². The Morgan fingerprint density at radius 2 is 1.70 bits per heavy atom. The SMILES string of the molecule is COc1cc(/C=N/NC(=O)c2ccc(-n3c(C)ccc3C)cc2)ccc1OC(F)F. The summed E-state index contributed by atoms with van der Waals surface area (Å²) in [5, 5.41) is 3.91. The van der Waals surface area contributed by atoms with E-state index < -0.39 is 6.61 Å². The molecule has 0 fully saturated rings. The van der Waals surface area contributed by atoms with Gasteiger partial charge in [-0.15, -0.1) is 0 Å². The van der Waals surface area contributed by atoms with Gasteiger partial charge in [0, 0.05) is 22.6 Å². The minimum atomic E-state index is -2.95. The lowest BCUT2D eigenvalue weighted by Crippen LogP contribution is -2.17. The van der Waals surface area contributed by atoms with Gasteiger partial charge in [-0.05, 0) is 74.0 Å². The third kappa shape index (κ3) is 4.83. The van der Waals surface area contributed by atoms with Crippen LogP contribution in [0, 0.1) is 13.8 Å². The number of nitrogens with one attached hydrogen (secondary N) is 1. The summed E-state index contributed by atoms with van der Waals surface area (Å²) in [4.78, 5) is 12.3. The van der Waals surface area contributed by atoms with Gasteiger partial charge in [-0.1, -0.05) is 0 Å². The number of carbonyl (C=O) groups is 1. The van der Waals surface area contributed by atoms with Crippen molar-refractivity contribution in [2.24, 2.45) is 5.10 Å². The molecule has 1 N–H and O–H groups in total. The average molecular weight is 413 g/mol. The van der Waals surface area contributed by atoms with Gasteiger partial charge in [-0.25, -0.2) is 5.43 Å². The van der Waals surface area contributed by atoms with Gasteiger partial charge in [-0.3, -0.25) is 4.79 Å². The Kier molecular flexibility index (Phi) is 6.46. The Hall–Kier alpha value is -3.68. The van der Waals surface area contributed by atoms with Gasteiger partial charge in [0.2, 0.25) is 0 Å². The van der Waals surface area contributed by atoms with Gasteiger partial charge in [0.1, 0.15) is 0 Å². The number of methoxy groups -OCH3 is 1. The predicted octanol–water partition coefficient (Wildman–Crippen LogP) is 4.47. The summed E-state index contributed by atoms with van der Waals surface area (Å²) in [6.07, 6.45) is 1.38. The van der Waals surface area contributed by atoms with Crippen molar-refractivity contribution < 1.29 is 23.0 Å². The second-order valence-electron chi connectivity index (χ2n) is 6.49. The quantitative estimate of drug-likeness (QED) is 0.459. The molecule has 1 heterocycles. The van der Waals surface area contributed by atoms with E-state index >= 15 is 0 Å². The van der Waals surface area contributed by atoms with Crippen LogP contribution in [0.3, 0.4) is 0 Å². The number of hydrazone groups is 1. The lowest BCUT2D eigenvalue weighted by atomic mass is 10.2. The molecule has 8 heteroatoms. The summed E-state index contributed by atoms with van der Waals surface area (Å²) in [5.41, 5.74) is 6.62. The zero-order valence-corrected chi connectivity index (χ0v) is 16.7. The van der Waals surface area contributed by atoms with Crippen LogP contribution >= 0.6 is 0 Å². The summed E-state index contributed by atoms with van der Waals surface area (Å²) < 4.78 is 36.3. The van der Waals surface area contributed by atoms with Crippen molar-refractivity contribution in [2.45, 2.75) is 20.5 Å². The van der Waals surface area contributed by atoms with E-state index in [1.165, 1.54) is 31.5 Å². The topological polar surface area (TPSA) is 64.8 Å². The van der Waals surface area contributed by atoms with Gasteiger partial charge in [0.15, 0.2) is 11.5 Å². The number of carbonyl (C=O) groups excluding carboxylic acids is 1. The van der Waals surface area contributed by atoms with Crippen LogP contribution in [0.15, 0.2) is 59.7 Å². The molecule has 0 spiro atoms. The number of rotatable bonds is 7. The zero-order valence-electron chi connectivity index (χ0n) is 16.7. The van der Waals surface area contributed by atoms with Crippen LogP contribution in [0.25, 0.3) is 5.69 Å². The molecule has 3 rings (SSSR count). The first kappa shape index (κ1) is 21.0. The molecule has 1 aromatic heterocycles. The monoisotopic (exact) mass is 413 g/mol. The van der Waals surface area contributed by atoms with Crippen molar-refractivity contribution >= 4 is 12.1 Å². The minimum Gasteiger partial charge on any atom is -0.493 e.